The molecule has 92 valence electrons. The summed E-state index contributed by atoms with van der Waals surface area (Å²) >= 11 is 0. The molecule has 0 aliphatic heterocycles. The van der Waals surface area contributed by atoms with E-state index < -0.39 is 17.9 Å². The van der Waals surface area contributed by atoms with Crippen molar-refractivity contribution in [1.29, 1.82) is 0 Å². The number of carboxylic acids is 1. The molecule has 1 atom stereocenters. The summed E-state index contributed by atoms with van der Waals surface area (Å²) in [6, 6.07) is 2.51. The number of carbonyl (C=O) groups excluding carboxylic acids is 1. The fourth-order valence-corrected chi connectivity index (χ4v) is 1.26. The van der Waals surface area contributed by atoms with Crippen LogP contribution in [0.15, 0.2) is 28.9 Å². The third kappa shape index (κ3) is 4.14. The van der Waals surface area contributed by atoms with Gasteiger partial charge in [0, 0.05) is 6.08 Å². The molecule has 0 radical (unpaired) electrons. The van der Waals surface area contributed by atoms with Crippen LogP contribution in [-0.2, 0) is 9.59 Å². The summed E-state index contributed by atoms with van der Waals surface area (Å²) in [7, 11) is 0. The summed E-state index contributed by atoms with van der Waals surface area (Å²) in [5, 5.41) is 11.3. The second-order valence-corrected chi connectivity index (χ2v) is 3.92. The van der Waals surface area contributed by atoms with Crippen molar-refractivity contribution >= 4 is 18.0 Å². The fraction of sp³-hybridized carbons (Fsp3) is 0.333. The van der Waals surface area contributed by atoms with Crippen LogP contribution in [0.1, 0.15) is 19.6 Å². The van der Waals surface area contributed by atoms with Gasteiger partial charge in [-0.1, -0.05) is 13.8 Å². The lowest BCUT2D eigenvalue weighted by Crippen LogP contribution is -2.43. The van der Waals surface area contributed by atoms with E-state index in [1.54, 1.807) is 26.0 Å². The monoisotopic (exact) mass is 237 g/mol. The number of hydrogen-bond donors (Lipinski definition) is 2. The molecule has 1 amide bonds. The molecule has 1 aromatic heterocycles. The molecule has 17 heavy (non-hydrogen) atoms. The van der Waals surface area contributed by atoms with Gasteiger partial charge in [-0.15, -0.1) is 0 Å². The van der Waals surface area contributed by atoms with E-state index in [4.69, 9.17) is 9.52 Å². The summed E-state index contributed by atoms with van der Waals surface area (Å²) in [6.07, 6.45) is 4.22. The van der Waals surface area contributed by atoms with Crippen molar-refractivity contribution in [3.63, 3.8) is 0 Å². The molecule has 2 N–H and O–H groups in total. The smallest absolute Gasteiger partial charge is 0.326 e. The molecule has 0 spiro atoms. The van der Waals surface area contributed by atoms with Gasteiger partial charge in [0.25, 0.3) is 0 Å². The van der Waals surface area contributed by atoms with Crippen molar-refractivity contribution in [2.45, 2.75) is 19.9 Å². The van der Waals surface area contributed by atoms with Gasteiger partial charge in [0.1, 0.15) is 11.8 Å². The van der Waals surface area contributed by atoms with E-state index in [9.17, 15) is 9.59 Å². The van der Waals surface area contributed by atoms with Crippen LogP contribution >= 0.6 is 0 Å². The van der Waals surface area contributed by atoms with Crippen LogP contribution in [0.2, 0.25) is 0 Å². The molecule has 5 heteroatoms. The van der Waals surface area contributed by atoms with Crippen molar-refractivity contribution in [2.75, 3.05) is 0 Å². The summed E-state index contributed by atoms with van der Waals surface area (Å²) in [4.78, 5) is 22.3. The lowest BCUT2D eigenvalue weighted by atomic mass is 10.0. The third-order valence-corrected chi connectivity index (χ3v) is 2.17. The normalized spacial score (nSPS) is 12.9. The van der Waals surface area contributed by atoms with Gasteiger partial charge in [-0.25, -0.2) is 4.79 Å². The first-order chi connectivity index (χ1) is 8.00. The number of furan rings is 1. The Morgan fingerprint density at radius 3 is 2.65 bits per heavy atom. The van der Waals surface area contributed by atoms with Crippen LogP contribution in [0.25, 0.3) is 6.08 Å². The lowest BCUT2D eigenvalue weighted by Gasteiger charge is -2.16. The van der Waals surface area contributed by atoms with Gasteiger partial charge >= 0.3 is 5.97 Å². The minimum absolute atomic E-state index is 0.173. The highest BCUT2D eigenvalue weighted by molar-refractivity contribution is 5.94. The average Bonchev–Trinajstić information content (AvgIpc) is 2.74. The largest absolute Gasteiger partial charge is 0.480 e. The minimum atomic E-state index is -1.04. The zero-order chi connectivity index (χ0) is 12.8. The number of aliphatic carboxylic acids is 1. The predicted octanol–water partition coefficient (Wildman–Crippen LogP) is 1.52. The molecule has 0 bridgehead atoms. The molecule has 1 unspecified atom stereocenters. The van der Waals surface area contributed by atoms with Gasteiger partial charge in [0.15, 0.2) is 0 Å². The van der Waals surface area contributed by atoms with Crippen molar-refractivity contribution < 1.29 is 19.1 Å². The Bertz CT molecular complexity index is 406. The van der Waals surface area contributed by atoms with Gasteiger partial charge in [-0.05, 0) is 24.1 Å². The number of hydrogen-bond acceptors (Lipinski definition) is 3. The average molecular weight is 237 g/mol. The second kappa shape index (κ2) is 5.89. The van der Waals surface area contributed by atoms with Crippen molar-refractivity contribution in [1.82, 2.24) is 5.32 Å². The Labute approximate surface area is 99.1 Å². The standard InChI is InChI=1S/C12H15NO4/c1-8(2)11(12(15)16)13-10(14)6-5-9-4-3-7-17-9/h3-8,11H,1-2H3,(H,13,14)(H,15,16)/b6-5+. The number of amides is 1. The molecule has 1 aromatic rings. The summed E-state index contributed by atoms with van der Waals surface area (Å²) in [5.74, 6) is -1.13. The predicted molar refractivity (Wildman–Crippen MR) is 62.1 cm³/mol. The van der Waals surface area contributed by atoms with Crippen LogP contribution in [0.4, 0.5) is 0 Å². The van der Waals surface area contributed by atoms with Crippen molar-refractivity contribution in [2.24, 2.45) is 5.92 Å². The molecule has 0 aliphatic carbocycles. The van der Waals surface area contributed by atoms with E-state index in [-0.39, 0.29) is 5.92 Å². The zero-order valence-corrected chi connectivity index (χ0v) is 9.71. The number of rotatable bonds is 5. The van der Waals surface area contributed by atoms with Crippen LogP contribution in [0.5, 0.6) is 0 Å². The SMILES string of the molecule is CC(C)C(NC(=O)/C=C/c1ccco1)C(=O)O. The molecule has 1 heterocycles. The summed E-state index contributed by atoms with van der Waals surface area (Å²) < 4.78 is 5.00. The quantitative estimate of drug-likeness (QED) is 0.761. The van der Waals surface area contributed by atoms with Crippen LogP contribution in [0.3, 0.4) is 0 Å². The second-order valence-electron chi connectivity index (χ2n) is 3.92. The van der Waals surface area contributed by atoms with E-state index >= 15 is 0 Å². The zero-order valence-electron chi connectivity index (χ0n) is 9.71. The Morgan fingerprint density at radius 2 is 2.18 bits per heavy atom. The maximum Gasteiger partial charge on any atom is 0.326 e. The summed E-state index contributed by atoms with van der Waals surface area (Å²) in [5.41, 5.74) is 0. The molecule has 0 saturated carbocycles. The van der Waals surface area contributed by atoms with Gasteiger partial charge in [-0.3, -0.25) is 4.79 Å². The minimum Gasteiger partial charge on any atom is -0.480 e. The first-order valence-electron chi connectivity index (χ1n) is 5.25. The number of nitrogens with one attached hydrogen (secondary N) is 1. The Morgan fingerprint density at radius 1 is 1.47 bits per heavy atom. The van der Waals surface area contributed by atoms with E-state index in [1.807, 2.05) is 0 Å². The molecular formula is C12H15NO4. The third-order valence-electron chi connectivity index (χ3n) is 2.17. The molecule has 0 saturated heterocycles. The Hall–Kier alpha value is -2.04. The van der Waals surface area contributed by atoms with Crippen LogP contribution in [-0.4, -0.2) is 23.0 Å². The molecule has 0 fully saturated rings. The van der Waals surface area contributed by atoms with Gasteiger partial charge in [0.2, 0.25) is 5.91 Å². The van der Waals surface area contributed by atoms with E-state index in [0.717, 1.165) is 0 Å². The molecule has 0 aromatic carbocycles. The van der Waals surface area contributed by atoms with Gasteiger partial charge < -0.3 is 14.8 Å². The molecular weight excluding hydrogens is 222 g/mol. The Kier molecular flexibility index (Phi) is 4.51. The highest BCUT2D eigenvalue weighted by Gasteiger charge is 2.22. The van der Waals surface area contributed by atoms with Crippen molar-refractivity contribution in [3.8, 4) is 0 Å². The van der Waals surface area contributed by atoms with Crippen LogP contribution in [0, 0.1) is 5.92 Å². The highest BCUT2D eigenvalue weighted by Crippen LogP contribution is 2.04. The highest BCUT2D eigenvalue weighted by atomic mass is 16.4. The Balaban J connectivity index is 2.56. The van der Waals surface area contributed by atoms with E-state index in [1.165, 1.54) is 18.4 Å². The first-order valence-corrected chi connectivity index (χ1v) is 5.25. The maximum absolute atomic E-state index is 11.5. The molecule has 1 rings (SSSR count). The fourth-order valence-electron chi connectivity index (χ4n) is 1.26. The molecule has 0 aliphatic rings. The van der Waals surface area contributed by atoms with Crippen LogP contribution < -0.4 is 5.32 Å². The maximum atomic E-state index is 11.5. The number of carbonyl (C=O) groups is 2. The number of carboxylic acid groups (broad SMARTS) is 1. The topological polar surface area (TPSA) is 79.5 Å². The van der Waals surface area contributed by atoms with E-state index in [0.29, 0.717) is 5.76 Å². The summed E-state index contributed by atoms with van der Waals surface area (Å²) in [6.45, 7) is 3.46. The van der Waals surface area contributed by atoms with E-state index in [2.05, 4.69) is 5.32 Å². The van der Waals surface area contributed by atoms with Gasteiger partial charge in [-0.2, -0.15) is 0 Å². The van der Waals surface area contributed by atoms with Crippen molar-refractivity contribution in [3.05, 3.63) is 30.2 Å². The molecule has 5 nitrogen and oxygen atoms in total. The first kappa shape index (κ1) is 13.0. The lowest BCUT2D eigenvalue weighted by molar-refractivity contribution is -0.142. The van der Waals surface area contributed by atoms with Gasteiger partial charge in [0.05, 0.1) is 6.26 Å².